The highest BCUT2D eigenvalue weighted by Crippen LogP contribution is 2.21. The monoisotopic (exact) mass is 296 g/mol. The predicted molar refractivity (Wildman–Crippen MR) is 88.0 cm³/mol. The van der Waals surface area contributed by atoms with Crippen molar-refractivity contribution < 1.29 is 4.74 Å². The number of methoxy groups -OCH3 is 1. The lowest BCUT2D eigenvalue weighted by atomic mass is 9.98. The minimum atomic E-state index is 0.539. The van der Waals surface area contributed by atoms with Crippen molar-refractivity contribution in [3.63, 3.8) is 0 Å². The minimum Gasteiger partial charge on any atom is -0.493 e. The molecule has 0 spiro atoms. The molecule has 21 heavy (non-hydrogen) atoms. The molecule has 0 amide bonds. The molecule has 0 aromatic carbocycles. The van der Waals surface area contributed by atoms with Gasteiger partial charge in [0.1, 0.15) is 0 Å². The maximum Gasteiger partial charge on any atom is 0.159 e. The maximum atomic E-state index is 5.47. The van der Waals surface area contributed by atoms with Gasteiger partial charge in [0.05, 0.1) is 25.5 Å². The predicted octanol–water partition coefficient (Wildman–Crippen LogP) is 2.02. The van der Waals surface area contributed by atoms with Gasteiger partial charge < -0.3 is 15.0 Å². The van der Waals surface area contributed by atoms with Gasteiger partial charge in [-0.2, -0.15) is 5.10 Å². The lowest BCUT2D eigenvalue weighted by Crippen LogP contribution is -2.34. The normalized spacial score (nSPS) is 13.1. The molecule has 1 rings (SSSR count). The van der Waals surface area contributed by atoms with Crippen molar-refractivity contribution in [3.05, 3.63) is 11.9 Å². The molecular formula is C16H32N4O. The third-order valence-electron chi connectivity index (χ3n) is 3.85. The Kier molecular flexibility index (Phi) is 7.75. The van der Waals surface area contributed by atoms with E-state index in [0.29, 0.717) is 12.0 Å². The summed E-state index contributed by atoms with van der Waals surface area (Å²) in [5.41, 5.74) is 1.21. The van der Waals surface area contributed by atoms with Crippen LogP contribution in [-0.4, -0.2) is 55.0 Å². The van der Waals surface area contributed by atoms with E-state index in [1.54, 1.807) is 7.11 Å². The summed E-state index contributed by atoms with van der Waals surface area (Å²) in [6.07, 6.45) is 3.94. The first-order valence-electron chi connectivity index (χ1n) is 7.96. The molecule has 1 heterocycles. The molecule has 122 valence electrons. The molecule has 1 N–H and O–H groups in total. The first kappa shape index (κ1) is 18.0. The number of nitrogens with zero attached hydrogens (tertiary/aromatic N) is 3. The largest absolute Gasteiger partial charge is 0.493 e. The van der Waals surface area contributed by atoms with Gasteiger partial charge in [0.15, 0.2) is 5.75 Å². The van der Waals surface area contributed by atoms with Crippen molar-refractivity contribution in [2.75, 3.05) is 34.3 Å². The zero-order valence-electron chi connectivity index (χ0n) is 14.5. The summed E-state index contributed by atoms with van der Waals surface area (Å²) in [6.45, 7) is 9.61. The van der Waals surface area contributed by atoms with E-state index in [2.05, 4.69) is 54.9 Å². The molecule has 5 nitrogen and oxygen atoms in total. The Morgan fingerprint density at radius 3 is 2.62 bits per heavy atom. The fraction of sp³-hybridized carbons (Fsp3) is 0.812. The summed E-state index contributed by atoms with van der Waals surface area (Å²) in [4.78, 5) is 2.17. The first-order chi connectivity index (χ1) is 9.99. The van der Waals surface area contributed by atoms with Crippen LogP contribution in [0.5, 0.6) is 5.75 Å². The average Bonchev–Trinajstić information content (AvgIpc) is 2.82. The topological polar surface area (TPSA) is 42.3 Å². The van der Waals surface area contributed by atoms with Crippen LogP contribution in [-0.2, 0) is 13.0 Å². The van der Waals surface area contributed by atoms with Crippen LogP contribution in [0.25, 0.3) is 0 Å². The van der Waals surface area contributed by atoms with Crippen LogP contribution in [0.3, 0.4) is 0 Å². The number of hydrogen-bond donors (Lipinski definition) is 1. The number of hydrogen-bond acceptors (Lipinski definition) is 4. The smallest absolute Gasteiger partial charge is 0.159 e. The summed E-state index contributed by atoms with van der Waals surface area (Å²) in [6, 6.07) is 0.539. The van der Waals surface area contributed by atoms with Crippen LogP contribution in [0, 0.1) is 5.92 Å². The quantitative estimate of drug-likeness (QED) is 0.717. The number of ether oxygens (including phenoxy) is 1. The van der Waals surface area contributed by atoms with Gasteiger partial charge >= 0.3 is 0 Å². The van der Waals surface area contributed by atoms with E-state index in [9.17, 15) is 0 Å². The Morgan fingerprint density at radius 1 is 1.38 bits per heavy atom. The van der Waals surface area contributed by atoms with E-state index in [-0.39, 0.29) is 0 Å². The molecule has 1 aromatic rings. The van der Waals surface area contributed by atoms with E-state index >= 15 is 0 Å². The van der Waals surface area contributed by atoms with Crippen LogP contribution in [0.1, 0.15) is 32.9 Å². The molecule has 0 aliphatic heterocycles. The summed E-state index contributed by atoms with van der Waals surface area (Å²) in [7, 11) is 5.89. The van der Waals surface area contributed by atoms with Crippen LogP contribution in [0.4, 0.5) is 0 Å². The second kappa shape index (κ2) is 9.05. The Hall–Kier alpha value is -1.07. The molecule has 1 atom stereocenters. The van der Waals surface area contributed by atoms with Gasteiger partial charge in [-0.15, -0.1) is 0 Å². The lowest BCUT2D eigenvalue weighted by molar-refractivity contribution is 0.354. The Bertz CT molecular complexity index is 401. The molecule has 0 aliphatic carbocycles. The molecule has 1 aromatic heterocycles. The molecule has 1 unspecified atom stereocenters. The summed E-state index contributed by atoms with van der Waals surface area (Å²) in [5.74, 6) is 1.54. The average molecular weight is 296 g/mol. The van der Waals surface area contributed by atoms with Crippen LogP contribution < -0.4 is 10.1 Å². The number of rotatable bonds is 10. The van der Waals surface area contributed by atoms with Gasteiger partial charge in [-0.1, -0.05) is 20.8 Å². The standard InChI is InChI=1S/C16H32N4O/c1-7-17-14(13(2)3)8-9-15-16(21-6)12-18-20(15)11-10-19(4)5/h12-14,17H,7-11H2,1-6H3. The van der Waals surface area contributed by atoms with Crippen molar-refractivity contribution in [1.82, 2.24) is 20.0 Å². The summed E-state index contributed by atoms with van der Waals surface area (Å²) >= 11 is 0. The van der Waals surface area contributed by atoms with E-state index in [0.717, 1.165) is 38.2 Å². The Morgan fingerprint density at radius 2 is 2.10 bits per heavy atom. The molecule has 0 aliphatic rings. The van der Waals surface area contributed by atoms with E-state index < -0.39 is 0 Å². The molecular weight excluding hydrogens is 264 g/mol. The maximum absolute atomic E-state index is 5.47. The number of likely N-dealkylation sites (N-methyl/N-ethyl adjacent to an activating group) is 1. The second-order valence-corrected chi connectivity index (χ2v) is 6.13. The van der Waals surface area contributed by atoms with Gasteiger partial charge in [-0.25, -0.2) is 0 Å². The second-order valence-electron chi connectivity index (χ2n) is 6.13. The zero-order valence-corrected chi connectivity index (χ0v) is 14.5. The fourth-order valence-electron chi connectivity index (χ4n) is 2.53. The van der Waals surface area contributed by atoms with E-state index in [1.807, 2.05) is 6.20 Å². The van der Waals surface area contributed by atoms with Gasteiger partial charge in [-0.05, 0) is 39.4 Å². The highest BCUT2D eigenvalue weighted by Gasteiger charge is 2.16. The highest BCUT2D eigenvalue weighted by atomic mass is 16.5. The van der Waals surface area contributed by atoms with E-state index in [4.69, 9.17) is 4.74 Å². The molecule has 0 bridgehead atoms. The first-order valence-corrected chi connectivity index (χ1v) is 7.96. The third-order valence-corrected chi connectivity index (χ3v) is 3.85. The van der Waals surface area contributed by atoms with Crippen molar-refractivity contribution in [3.8, 4) is 5.75 Å². The lowest BCUT2D eigenvalue weighted by Gasteiger charge is -2.22. The molecule has 5 heteroatoms. The van der Waals surface area contributed by atoms with Gasteiger partial charge in [0.2, 0.25) is 0 Å². The Labute approximate surface area is 129 Å². The molecule has 0 saturated carbocycles. The van der Waals surface area contributed by atoms with Crippen molar-refractivity contribution in [2.45, 2.75) is 46.2 Å². The van der Waals surface area contributed by atoms with Crippen LogP contribution in [0.15, 0.2) is 6.20 Å². The number of nitrogens with one attached hydrogen (secondary N) is 1. The van der Waals surface area contributed by atoms with Crippen molar-refractivity contribution >= 4 is 0 Å². The van der Waals surface area contributed by atoms with Gasteiger partial charge in [0.25, 0.3) is 0 Å². The van der Waals surface area contributed by atoms with Crippen LogP contribution in [0.2, 0.25) is 0 Å². The van der Waals surface area contributed by atoms with Gasteiger partial charge in [0, 0.05) is 12.6 Å². The highest BCUT2D eigenvalue weighted by molar-refractivity contribution is 5.25. The van der Waals surface area contributed by atoms with Crippen molar-refractivity contribution in [1.29, 1.82) is 0 Å². The van der Waals surface area contributed by atoms with Crippen LogP contribution >= 0.6 is 0 Å². The molecule has 0 saturated heterocycles. The molecule has 0 radical (unpaired) electrons. The SMILES string of the molecule is CCNC(CCc1c(OC)cnn1CCN(C)C)C(C)C. The van der Waals surface area contributed by atoms with Crippen molar-refractivity contribution in [2.24, 2.45) is 5.92 Å². The van der Waals surface area contributed by atoms with Gasteiger partial charge in [-0.3, -0.25) is 4.68 Å². The molecule has 0 fully saturated rings. The Balaban J connectivity index is 2.72. The summed E-state index contributed by atoms with van der Waals surface area (Å²) < 4.78 is 7.55. The van der Waals surface area contributed by atoms with E-state index in [1.165, 1.54) is 5.69 Å². The zero-order chi connectivity index (χ0) is 15.8. The fourth-order valence-corrected chi connectivity index (χ4v) is 2.53. The summed E-state index contributed by atoms with van der Waals surface area (Å²) in [5, 5.41) is 8.05. The third kappa shape index (κ3) is 5.67. The minimum absolute atomic E-state index is 0.539. The number of aromatic nitrogens is 2.